The number of rotatable bonds is 6. The van der Waals surface area contributed by atoms with Gasteiger partial charge in [0, 0.05) is 27.7 Å². The van der Waals surface area contributed by atoms with E-state index >= 15 is 0 Å². The van der Waals surface area contributed by atoms with Crippen molar-refractivity contribution in [1.82, 2.24) is 0 Å². The average molecular weight is 664 g/mol. The van der Waals surface area contributed by atoms with Crippen LogP contribution in [0.3, 0.4) is 0 Å². The Hall–Kier alpha value is -6.90. The van der Waals surface area contributed by atoms with E-state index in [0.717, 1.165) is 50.1 Å². The molecule has 0 fully saturated rings. The van der Waals surface area contributed by atoms with E-state index in [1.54, 1.807) is 0 Å². The standard InChI is InChI=1S/C50H33NO/c1-2-12-34(13-3-1)35-24-28-39(29-25-35)51(48-22-8-6-18-43(48)38-27-31-50-47(33-38)46-19-7-9-23-49(46)52-50)40-16-10-15-37(32-40)42-20-11-21-44-41-17-5-4-14-36(41)26-30-45(42)44/h1-33H. The van der Waals surface area contributed by atoms with Crippen molar-refractivity contribution in [2.24, 2.45) is 0 Å². The molecule has 52 heavy (non-hydrogen) atoms. The minimum Gasteiger partial charge on any atom is -0.456 e. The molecule has 244 valence electrons. The summed E-state index contributed by atoms with van der Waals surface area (Å²) in [6.07, 6.45) is 0. The smallest absolute Gasteiger partial charge is 0.135 e. The van der Waals surface area contributed by atoms with Crippen molar-refractivity contribution in [2.75, 3.05) is 4.90 Å². The molecule has 0 saturated heterocycles. The fourth-order valence-corrected chi connectivity index (χ4v) is 7.77. The Morgan fingerprint density at radius 1 is 0.308 bits per heavy atom. The number of nitrogens with zero attached hydrogens (tertiary/aromatic N) is 1. The van der Waals surface area contributed by atoms with E-state index in [1.165, 1.54) is 43.8 Å². The number of benzene rings is 9. The van der Waals surface area contributed by atoms with Crippen LogP contribution in [-0.2, 0) is 0 Å². The second-order valence-corrected chi connectivity index (χ2v) is 13.3. The minimum absolute atomic E-state index is 0.895. The van der Waals surface area contributed by atoms with Gasteiger partial charge in [-0.3, -0.25) is 0 Å². The second-order valence-electron chi connectivity index (χ2n) is 13.3. The topological polar surface area (TPSA) is 16.4 Å². The maximum atomic E-state index is 6.21. The number of anilines is 3. The molecule has 0 aliphatic carbocycles. The molecule has 0 saturated carbocycles. The molecule has 10 aromatic rings. The molecule has 0 aliphatic heterocycles. The molecular formula is C50H33NO. The van der Waals surface area contributed by atoms with Gasteiger partial charge in [0.15, 0.2) is 0 Å². The highest BCUT2D eigenvalue weighted by atomic mass is 16.3. The summed E-state index contributed by atoms with van der Waals surface area (Å²) in [4.78, 5) is 2.39. The van der Waals surface area contributed by atoms with Crippen molar-refractivity contribution >= 4 is 60.5 Å². The lowest BCUT2D eigenvalue weighted by Gasteiger charge is -2.28. The first-order chi connectivity index (χ1) is 25.8. The van der Waals surface area contributed by atoms with Crippen LogP contribution in [0.1, 0.15) is 0 Å². The lowest BCUT2D eigenvalue weighted by atomic mass is 9.94. The monoisotopic (exact) mass is 663 g/mol. The molecule has 1 heterocycles. The van der Waals surface area contributed by atoms with Gasteiger partial charge in [-0.2, -0.15) is 0 Å². The van der Waals surface area contributed by atoms with Crippen molar-refractivity contribution in [1.29, 1.82) is 0 Å². The Labute approximate surface area is 302 Å². The normalized spacial score (nSPS) is 11.5. The lowest BCUT2D eigenvalue weighted by Crippen LogP contribution is -2.11. The van der Waals surface area contributed by atoms with E-state index in [0.29, 0.717) is 0 Å². The molecule has 0 radical (unpaired) electrons. The zero-order valence-corrected chi connectivity index (χ0v) is 28.4. The third-order valence-electron chi connectivity index (χ3n) is 10.3. The molecule has 0 bridgehead atoms. The molecule has 9 aromatic carbocycles. The van der Waals surface area contributed by atoms with Gasteiger partial charge < -0.3 is 9.32 Å². The summed E-state index contributed by atoms with van der Waals surface area (Å²) in [6, 6.07) is 71.8. The molecule has 0 spiro atoms. The summed E-state index contributed by atoms with van der Waals surface area (Å²) >= 11 is 0. The zero-order chi connectivity index (χ0) is 34.4. The predicted molar refractivity (Wildman–Crippen MR) is 220 cm³/mol. The lowest BCUT2D eigenvalue weighted by molar-refractivity contribution is 0.669. The Morgan fingerprint density at radius 2 is 0.942 bits per heavy atom. The van der Waals surface area contributed by atoms with Crippen molar-refractivity contribution < 1.29 is 4.42 Å². The Bertz CT molecular complexity index is 2900. The maximum absolute atomic E-state index is 6.21. The van der Waals surface area contributed by atoms with Crippen LogP contribution in [0, 0.1) is 0 Å². The summed E-state index contributed by atoms with van der Waals surface area (Å²) in [7, 11) is 0. The first kappa shape index (κ1) is 30.0. The van der Waals surface area contributed by atoms with Crippen LogP contribution in [-0.4, -0.2) is 0 Å². The van der Waals surface area contributed by atoms with Gasteiger partial charge >= 0.3 is 0 Å². The number of hydrogen-bond donors (Lipinski definition) is 0. The molecule has 10 rings (SSSR count). The van der Waals surface area contributed by atoms with Crippen molar-refractivity contribution in [3.05, 3.63) is 200 Å². The van der Waals surface area contributed by atoms with E-state index in [4.69, 9.17) is 4.42 Å². The SMILES string of the molecule is c1ccc(-c2ccc(N(c3cccc(-c4cccc5c4ccc4ccccc45)c3)c3ccccc3-c3ccc4oc5ccccc5c4c3)cc2)cc1. The van der Waals surface area contributed by atoms with Crippen LogP contribution in [0.2, 0.25) is 0 Å². The first-order valence-electron chi connectivity index (χ1n) is 17.8. The highest BCUT2D eigenvalue weighted by molar-refractivity contribution is 6.12. The quantitative estimate of drug-likeness (QED) is 0.165. The predicted octanol–water partition coefficient (Wildman–Crippen LogP) is 14.4. The number of hydrogen-bond acceptors (Lipinski definition) is 2. The maximum Gasteiger partial charge on any atom is 0.135 e. The van der Waals surface area contributed by atoms with E-state index in [2.05, 4.69) is 193 Å². The average Bonchev–Trinajstić information content (AvgIpc) is 3.60. The van der Waals surface area contributed by atoms with Crippen LogP contribution >= 0.6 is 0 Å². The Balaban J connectivity index is 1.16. The summed E-state index contributed by atoms with van der Waals surface area (Å²) in [6.45, 7) is 0. The molecule has 2 heteroatoms. The van der Waals surface area contributed by atoms with Gasteiger partial charge in [0.2, 0.25) is 0 Å². The molecule has 2 nitrogen and oxygen atoms in total. The van der Waals surface area contributed by atoms with E-state index in [-0.39, 0.29) is 0 Å². The molecule has 0 unspecified atom stereocenters. The first-order valence-corrected chi connectivity index (χ1v) is 17.8. The summed E-state index contributed by atoms with van der Waals surface area (Å²) in [5, 5.41) is 7.28. The highest BCUT2D eigenvalue weighted by Crippen LogP contribution is 2.44. The summed E-state index contributed by atoms with van der Waals surface area (Å²) < 4.78 is 6.21. The van der Waals surface area contributed by atoms with Gasteiger partial charge in [0.1, 0.15) is 11.2 Å². The minimum atomic E-state index is 0.895. The van der Waals surface area contributed by atoms with Crippen LogP contribution in [0.25, 0.3) is 76.9 Å². The second kappa shape index (κ2) is 12.5. The molecule has 0 amide bonds. The van der Waals surface area contributed by atoms with Gasteiger partial charge in [0.05, 0.1) is 5.69 Å². The van der Waals surface area contributed by atoms with E-state index < -0.39 is 0 Å². The molecule has 0 N–H and O–H groups in total. The zero-order valence-electron chi connectivity index (χ0n) is 28.4. The largest absolute Gasteiger partial charge is 0.456 e. The Morgan fingerprint density at radius 3 is 1.85 bits per heavy atom. The van der Waals surface area contributed by atoms with Crippen molar-refractivity contribution in [2.45, 2.75) is 0 Å². The van der Waals surface area contributed by atoms with Gasteiger partial charge in [-0.1, -0.05) is 152 Å². The van der Waals surface area contributed by atoms with Crippen molar-refractivity contribution in [3.63, 3.8) is 0 Å². The number of para-hydroxylation sites is 2. The fraction of sp³-hybridized carbons (Fsp3) is 0. The van der Waals surface area contributed by atoms with Crippen LogP contribution in [0.4, 0.5) is 17.1 Å². The van der Waals surface area contributed by atoms with Gasteiger partial charge in [0.25, 0.3) is 0 Å². The molecule has 0 aliphatic rings. The number of furan rings is 1. The number of fused-ring (bicyclic) bond motifs is 6. The molecule has 1 aromatic heterocycles. The summed E-state index contributed by atoms with van der Waals surface area (Å²) in [5.74, 6) is 0. The van der Waals surface area contributed by atoms with Crippen molar-refractivity contribution in [3.8, 4) is 33.4 Å². The van der Waals surface area contributed by atoms with Gasteiger partial charge in [-0.05, 0) is 97.9 Å². The summed E-state index contributed by atoms with van der Waals surface area (Å²) in [5.41, 5.74) is 12.1. The molecule has 0 atom stereocenters. The van der Waals surface area contributed by atoms with Crippen LogP contribution in [0.15, 0.2) is 205 Å². The molecular weight excluding hydrogens is 631 g/mol. The third kappa shape index (κ3) is 5.12. The van der Waals surface area contributed by atoms with Crippen LogP contribution in [0.5, 0.6) is 0 Å². The third-order valence-corrected chi connectivity index (χ3v) is 10.3. The van der Waals surface area contributed by atoms with E-state index in [9.17, 15) is 0 Å². The van der Waals surface area contributed by atoms with Crippen LogP contribution < -0.4 is 4.90 Å². The van der Waals surface area contributed by atoms with E-state index in [1.807, 2.05) is 12.1 Å². The fourth-order valence-electron chi connectivity index (χ4n) is 7.77. The Kier molecular flexibility index (Phi) is 7.18. The van der Waals surface area contributed by atoms with Gasteiger partial charge in [-0.15, -0.1) is 0 Å². The van der Waals surface area contributed by atoms with Gasteiger partial charge in [-0.25, -0.2) is 0 Å². The highest BCUT2D eigenvalue weighted by Gasteiger charge is 2.19.